The zero-order valence-electron chi connectivity index (χ0n) is 21.6. The van der Waals surface area contributed by atoms with E-state index < -0.39 is 0 Å². The third kappa shape index (κ3) is 4.37. The number of hydrogen-bond acceptors (Lipinski definition) is 3. The smallest absolute Gasteiger partial charge is 0.0476 e. The third-order valence-corrected chi connectivity index (χ3v) is 10.2. The first-order valence-corrected chi connectivity index (χ1v) is 15.7. The van der Waals surface area contributed by atoms with Crippen LogP contribution < -0.4 is 4.90 Å². The summed E-state index contributed by atoms with van der Waals surface area (Å²) < 4.78 is 5.11. The molecule has 196 valence electrons. The van der Waals surface area contributed by atoms with Gasteiger partial charge in [0.15, 0.2) is 0 Å². The van der Waals surface area contributed by atoms with Gasteiger partial charge in [-0.25, -0.2) is 0 Å². The molecule has 6 aromatic carbocycles. The number of halogens is 2. The van der Waals surface area contributed by atoms with Gasteiger partial charge in [0.25, 0.3) is 0 Å². The van der Waals surface area contributed by atoms with Crippen molar-refractivity contribution in [3.8, 4) is 11.1 Å². The van der Waals surface area contributed by atoms with Crippen molar-refractivity contribution in [2.45, 2.75) is 0 Å². The summed E-state index contributed by atoms with van der Waals surface area (Å²) in [7, 11) is 0. The highest BCUT2D eigenvalue weighted by atomic mass is 35.5. The zero-order chi connectivity index (χ0) is 27.5. The SMILES string of the molecule is Clc1cc(Cl)cc(-c2ccc3c(c2)sc2cc(N(c4ccccc4)c4ccc5sc6ccccc6c5c4)ccc23)c1. The van der Waals surface area contributed by atoms with E-state index in [1.165, 1.54) is 40.3 Å². The van der Waals surface area contributed by atoms with Crippen molar-refractivity contribution in [2.24, 2.45) is 0 Å². The molecular formula is C36H21Cl2NS2. The van der Waals surface area contributed by atoms with Gasteiger partial charge in [0, 0.05) is 67.5 Å². The number of anilines is 3. The van der Waals surface area contributed by atoms with Crippen LogP contribution in [0.5, 0.6) is 0 Å². The highest BCUT2D eigenvalue weighted by molar-refractivity contribution is 7.26. The minimum absolute atomic E-state index is 0.642. The van der Waals surface area contributed by atoms with Crippen LogP contribution in [-0.2, 0) is 0 Å². The monoisotopic (exact) mass is 601 g/mol. The topological polar surface area (TPSA) is 3.24 Å². The number of fused-ring (bicyclic) bond motifs is 6. The minimum atomic E-state index is 0.642. The molecule has 0 fully saturated rings. The molecule has 2 heterocycles. The molecule has 0 amide bonds. The van der Waals surface area contributed by atoms with Crippen LogP contribution in [0.15, 0.2) is 127 Å². The second-order valence-electron chi connectivity index (χ2n) is 10.1. The van der Waals surface area contributed by atoms with Crippen molar-refractivity contribution in [3.63, 3.8) is 0 Å². The fourth-order valence-corrected chi connectivity index (χ4v) is 8.47. The third-order valence-electron chi connectivity index (χ3n) is 7.54. The first-order valence-electron chi connectivity index (χ1n) is 13.3. The summed E-state index contributed by atoms with van der Waals surface area (Å²) in [6.45, 7) is 0. The van der Waals surface area contributed by atoms with E-state index in [0.717, 1.165) is 28.2 Å². The fourth-order valence-electron chi connectivity index (χ4n) is 5.68. The molecule has 1 nitrogen and oxygen atoms in total. The number of hydrogen-bond donors (Lipinski definition) is 0. The summed E-state index contributed by atoms with van der Waals surface area (Å²) in [5.74, 6) is 0. The maximum atomic E-state index is 6.30. The van der Waals surface area contributed by atoms with Gasteiger partial charge in [-0.15, -0.1) is 22.7 Å². The van der Waals surface area contributed by atoms with E-state index in [-0.39, 0.29) is 0 Å². The molecule has 0 saturated heterocycles. The van der Waals surface area contributed by atoms with Crippen LogP contribution in [0, 0.1) is 0 Å². The lowest BCUT2D eigenvalue weighted by atomic mass is 10.0. The largest absolute Gasteiger partial charge is 0.310 e. The lowest BCUT2D eigenvalue weighted by Gasteiger charge is -2.25. The van der Waals surface area contributed by atoms with Crippen LogP contribution in [-0.4, -0.2) is 0 Å². The number of para-hydroxylation sites is 1. The van der Waals surface area contributed by atoms with Gasteiger partial charge in [-0.2, -0.15) is 0 Å². The van der Waals surface area contributed by atoms with Gasteiger partial charge in [-0.05, 0) is 83.9 Å². The Morgan fingerprint density at radius 1 is 0.390 bits per heavy atom. The van der Waals surface area contributed by atoms with Crippen molar-refractivity contribution >= 4 is 103 Å². The van der Waals surface area contributed by atoms with Gasteiger partial charge in [0.1, 0.15) is 0 Å². The first-order chi connectivity index (χ1) is 20.1. The average Bonchev–Trinajstić information content (AvgIpc) is 3.54. The van der Waals surface area contributed by atoms with E-state index in [4.69, 9.17) is 23.2 Å². The number of rotatable bonds is 4. The normalized spacial score (nSPS) is 11.7. The molecule has 0 aliphatic heterocycles. The molecule has 0 atom stereocenters. The van der Waals surface area contributed by atoms with Crippen LogP contribution in [0.1, 0.15) is 0 Å². The predicted molar refractivity (Wildman–Crippen MR) is 182 cm³/mol. The Balaban J connectivity index is 1.28. The highest BCUT2D eigenvalue weighted by Crippen LogP contribution is 2.43. The van der Waals surface area contributed by atoms with Crippen molar-refractivity contribution in [2.75, 3.05) is 4.90 Å². The van der Waals surface area contributed by atoms with Gasteiger partial charge in [0.05, 0.1) is 0 Å². The summed E-state index contributed by atoms with van der Waals surface area (Å²) >= 11 is 16.3. The molecule has 0 N–H and O–H groups in total. The van der Waals surface area contributed by atoms with Crippen LogP contribution in [0.25, 0.3) is 51.5 Å². The lowest BCUT2D eigenvalue weighted by molar-refractivity contribution is 1.30. The summed E-state index contributed by atoms with van der Waals surface area (Å²) in [6, 6.07) is 45.2. The van der Waals surface area contributed by atoms with Crippen LogP contribution in [0.3, 0.4) is 0 Å². The van der Waals surface area contributed by atoms with E-state index in [1.807, 2.05) is 34.8 Å². The first kappa shape index (κ1) is 24.9. The molecule has 5 heteroatoms. The molecule has 0 saturated carbocycles. The summed E-state index contributed by atoms with van der Waals surface area (Å²) in [4.78, 5) is 2.36. The Morgan fingerprint density at radius 3 is 1.83 bits per heavy atom. The van der Waals surface area contributed by atoms with E-state index in [1.54, 1.807) is 6.07 Å². The number of nitrogens with zero attached hydrogens (tertiary/aromatic N) is 1. The van der Waals surface area contributed by atoms with Gasteiger partial charge < -0.3 is 4.90 Å². The van der Waals surface area contributed by atoms with Gasteiger partial charge >= 0.3 is 0 Å². The van der Waals surface area contributed by atoms with Crippen molar-refractivity contribution < 1.29 is 0 Å². The maximum absolute atomic E-state index is 6.30. The fraction of sp³-hybridized carbons (Fsp3) is 0. The van der Waals surface area contributed by atoms with Crippen LogP contribution >= 0.6 is 45.9 Å². The second-order valence-corrected chi connectivity index (χ2v) is 13.1. The second kappa shape index (κ2) is 9.90. The van der Waals surface area contributed by atoms with E-state index in [2.05, 4.69) is 114 Å². The average molecular weight is 603 g/mol. The quantitative estimate of drug-likeness (QED) is 0.194. The van der Waals surface area contributed by atoms with Gasteiger partial charge in [0.2, 0.25) is 0 Å². The number of benzene rings is 6. The molecular weight excluding hydrogens is 581 g/mol. The molecule has 0 aliphatic carbocycles. The zero-order valence-corrected chi connectivity index (χ0v) is 24.8. The Labute approximate surface area is 255 Å². The van der Waals surface area contributed by atoms with Crippen molar-refractivity contribution in [1.82, 2.24) is 0 Å². The molecule has 41 heavy (non-hydrogen) atoms. The molecule has 0 aliphatic rings. The van der Waals surface area contributed by atoms with E-state index in [0.29, 0.717) is 10.0 Å². The van der Waals surface area contributed by atoms with Gasteiger partial charge in [-0.3, -0.25) is 0 Å². The lowest BCUT2D eigenvalue weighted by Crippen LogP contribution is -2.09. The molecule has 2 aromatic heterocycles. The molecule has 0 radical (unpaired) electrons. The summed E-state index contributed by atoms with van der Waals surface area (Å²) in [6.07, 6.45) is 0. The van der Waals surface area contributed by atoms with Gasteiger partial charge in [-0.1, -0.05) is 77.8 Å². The van der Waals surface area contributed by atoms with Crippen molar-refractivity contribution in [1.29, 1.82) is 0 Å². The maximum Gasteiger partial charge on any atom is 0.0476 e. The molecule has 0 bridgehead atoms. The molecule has 8 aromatic rings. The Bertz CT molecular complexity index is 2230. The Morgan fingerprint density at radius 2 is 1.00 bits per heavy atom. The summed E-state index contributed by atoms with van der Waals surface area (Å²) in [5, 5.41) is 6.40. The molecule has 0 spiro atoms. The van der Waals surface area contributed by atoms with Crippen LogP contribution in [0.4, 0.5) is 17.1 Å². The Kier molecular flexibility index (Phi) is 6.01. The molecule has 8 rings (SSSR count). The number of thiophene rings is 2. The standard InChI is InChI=1S/C36H21Cl2NS2/c37-24-16-23(17-25(38)19-24)22-10-13-30-31-14-11-28(21-36(31)41-35(30)18-22)39(26-6-2-1-3-7-26)27-12-15-34-32(20-27)29-8-4-5-9-33(29)40-34/h1-21H. The van der Waals surface area contributed by atoms with Crippen molar-refractivity contribution in [3.05, 3.63) is 137 Å². The minimum Gasteiger partial charge on any atom is -0.310 e. The van der Waals surface area contributed by atoms with E-state index >= 15 is 0 Å². The predicted octanol–water partition coefficient (Wildman–Crippen LogP) is 12.9. The summed E-state index contributed by atoms with van der Waals surface area (Å²) in [5.41, 5.74) is 5.54. The molecule has 0 unspecified atom stereocenters. The Hall–Kier alpha value is -3.86. The highest BCUT2D eigenvalue weighted by Gasteiger charge is 2.16. The van der Waals surface area contributed by atoms with E-state index in [9.17, 15) is 0 Å². The van der Waals surface area contributed by atoms with Crippen LogP contribution in [0.2, 0.25) is 10.0 Å².